The number of ether oxygens (including phenoxy) is 1. The molecular formula is C20H16N2O5S2. The molecule has 7 nitrogen and oxygen atoms in total. The number of hydrogen-bond acceptors (Lipinski definition) is 7. The van der Waals surface area contributed by atoms with Crippen LogP contribution in [0.4, 0.5) is 0 Å². The lowest BCUT2D eigenvalue weighted by atomic mass is 10.2. The number of carbonyl (C=O) groups excluding carboxylic acids is 2. The Morgan fingerprint density at radius 1 is 1.14 bits per heavy atom. The van der Waals surface area contributed by atoms with E-state index in [9.17, 15) is 18.0 Å². The van der Waals surface area contributed by atoms with Gasteiger partial charge in [0.25, 0.3) is 15.9 Å². The largest absolute Gasteiger partial charge is 0.459 e. The summed E-state index contributed by atoms with van der Waals surface area (Å²) < 4.78 is 30.8. The van der Waals surface area contributed by atoms with Crippen molar-refractivity contribution in [2.45, 2.75) is 11.8 Å². The highest BCUT2D eigenvalue weighted by molar-refractivity contribution is 7.90. The van der Waals surface area contributed by atoms with E-state index in [0.717, 1.165) is 15.4 Å². The van der Waals surface area contributed by atoms with Gasteiger partial charge in [-0.1, -0.05) is 42.0 Å². The Hall–Kier alpha value is -3.04. The number of aryl methyl sites for hydroxylation is 1. The second kappa shape index (κ2) is 7.41. The van der Waals surface area contributed by atoms with Gasteiger partial charge >= 0.3 is 5.97 Å². The van der Waals surface area contributed by atoms with Gasteiger partial charge in [0.1, 0.15) is 16.5 Å². The standard InChI is InChI=1S/C20H16N2O5S2/c1-13-6-8-14(9-7-13)18-21-16(12-28-18)20(24)27-11-10-22-19(23)15-4-2-3-5-17(15)29(22,25)26/h2-9,12H,10-11H2,1H3. The fourth-order valence-electron chi connectivity index (χ4n) is 2.94. The smallest absolute Gasteiger partial charge is 0.357 e. The van der Waals surface area contributed by atoms with Crippen LogP contribution in [0.25, 0.3) is 10.6 Å². The summed E-state index contributed by atoms with van der Waals surface area (Å²) in [6.07, 6.45) is 0. The van der Waals surface area contributed by atoms with Crippen LogP contribution in [0.5, 0.6) is 0 Å². The van der Waals surface area contributed by atoms with Crippen molar-refractivity contribution < 1.29 is 22.7 Å². The average Bonchev–Trinajstić information content (AvgIpc) is 3.27. The molecule has 0 bridgehead atoms. The molecule has 1 aliphatic rings. The Labute approximate surface area is 171 Å². The minimum atomic E-state index is -3.91. The molecule has 4 rings (SSSR count). The lowest BCUT2D eigenvalue weighted by Crippen LogP contribution is -2.33. The summed E-state index contributed by atoms with van der Waals surface area (Å²) >= 11 is 1.31. The van der Waals surface area contributed by atoms with E-state index in [1.54, 1.807) is 17.5 Å². The van der Waals surface area contributed by atoms with E-state index in [1.807, 2.05) is 31.2 Å². The molecule has 3 aromatic rings. The molecule has 9 heteroatoms. The molecule has 148 valence electrons. The summed E-state index contributed by atoms with van der Waals surface area (Å²) in [5, 5.41) is 2.27. The van der Waals surface area contributed by atoms with E-state index in [1.165, 1.54) is 23.5 Å². The molecule has 29 heavy (non-hydrogen) atoms. The Bertz CT molecular complexity index is 1200. The molecule has 0 aliphatic carbocycles. The number of esters is 1. The van der Waals surface area contributed by atoms with Crippen LogP contribution in [0.2, 0.25) is 0 Å². The molecule has 1 aromatic heterocycles. The van der Waals surface area contributed by atoms with Crippen LogP contribution in [-0.4, -0.2) is 42.7 Å². The highest BCUT2D eigenvalue weighted by Crippen LogP contribution is 2.29. The number of aromatic nitrogens is 1. The number of hydrogen-bond donors (Lipinski definition) is 0. The minimum Gasteiger partial charge on any atom is -0.459 e. The first-order valence-electron chi connectivity index (χ1n) is 8.74. The minimum absolute atomic E-state index is 0.0291. The first-order chi connectivity index (χ1) is 13.9. The number of carbonyl (C=O) groups is 2. The monoisotopic (exact) mass is 428 g/mol. The second-order valence-electron chi connectivity index (χ2n) is 6.42. The van der Waals surface area contributed by atoms with Crippen LogP contribution in [0.15, 0.2) is 58.8 Å². The Balaban J connectivity index is 1.40. The van der Waals surface area contributed by atoms with Crippen molar-refractivity contribution in [1.29, 1.82) is 0 Å². The molecule has 0 fully saturated rings. The lowest BCUT2D eigenvalue weighted by Gasteiger charge is -2.14. The van der Waals surface area contributed by atoms with E-state index in [4.69, 9.17) is 4.74 Å². The number of rotatable bonds is 5. The fraction of sp³-hybridized carbons (Fsp3) is 0.150. The maximum Gasteiger partial charge on any atom is 0.357 e. The number of thiazole rings is 1. The topological polar surface area (TPSA) is 93.6 Å². The van der Waals surface area contributed by atoms with Crippen molar-refractivity contribution in [3.8, 4) is 10.6 Å². The molecule has 2 aromatic carbocycles. The van der Waals surface area contributed by atoms with Crippen LogP contribution >= 0.6 is 11.3 Å². The molecule has 0 saturated heterocycles. The van der Waals surface area contributed by atoms with Gasteiger partial charge in [0.2, 0.25) is 0 Å². The van der Waals surface area contributed by atoms with Gasteiger partial charge < -0.3 is 4.74 Å². The van der Waals surface area contributed by atoms with Crippen LogP contribution in [-0.2, 0) is 14.8 Å². The van der Waals surface area contributed by atoms with Gasteiger partial charge in [-0.25, -0.2) is 22.5 Å². The molecule has 0 unspecified atom stereocenters. The molecular weight excluding hydrogens is 412 g/mol. The van der Waals surface area contributed by atoms with Crippen LogP contribution in [0.3, 0.4) is 0 Å². The zero-order valence-corrected chi connectivity index (χ0v) is 17.0. The Kier molecular flexibility index (Phi) is 4.93. The van der Waals surface area contributed by atoms with Crippen LogP contribution < -0.4 is 0 Å². The van der Waals surface area contributed by atoms with E-state index < -0.39 is 21.9 Å². The summed E-state index contributed by atoms with van der Waals surface area (Å²) in [6, 6.07) is 13.8. The first-order valence-corrected chi connectivity index (χ1v) is 11.1. The summed E-state index contributed by atoms with van der Waals surface area (Å²) in [4.78, 5) is 28.8. The van der Waals surface area contributed by atoms with Gasteiger partial charge in [-0.05, 0) is 19.1 Å². The predicted octanol–water partition coefficient (Wildman–Crippen LogP) is 3.12. The van der Waals surface area contributed by atoms with E-state index in [2.05, 4.69) is 4.98 Å². The third kappa shape index (κ3) is 3.54. The first kappa shape index (κ1) is 19.3. The highest BCUT2D eigenvalue weighted by Gasteiger charge is 2.40. The van der Waals surface area contributed by atoms with Crippen molar-refractivity contribution in [1.82, 2.24) is 9.29 Å². The molecule has 0 radical (unpaired) electrons. The number of amides is 1. The van der Waals surface area contributed by atoms with Crippen molar-refractivity contribution in [3.63, 3.8) is 0 Å². The average molecular weight is 428 g/mol. The summed E-state index contributed by atoms with van der Waals surface area (Å²) in [7, 11) is -3.91. The number of sulfonamides is 1. The molecule has 0 N–H and O–H groups in total. The zero-order valence-electron chi connectivity index (χ0n) is 15.4. The second-order valence-corrected chi connectivity index (χ2v) is 9.11. The number of fused-ring (bicyclic) bond motifs is 1. The third-order valence-electron chi connectivity index (χ3n) is 4.45. The normalized spacial score (nSPS) is 14.7. The zero-order chi connectivity index (χ0) is 20.6. The Morgan fingerprint density at radius 2 is 1.86 bits per heavy atom. The molecule has 1 amide bonds. The quantitative estimate of drug-likeness (QED) is 0.580. The van der Waals surface area contributed by atoms with E-state index in [-0.39, 0.29) is 29.3 Å². The van der Waals surface area contributed by atoms with Gasteiger partial charge in [-0.2, -0.15) is 0 Å². The van der Waals surface area contributed by atoms with Crippen molar-refractivity contribution in [2.75, 3.05) is 13.2 Å². The van der Waals surface area contributed by atoms with Crippen LogP contribution in [0, 0.1) is 6.92 Å². The van der Waals surface area contributed by atoms with Gasteiger partial charge in [0.05, 0.1) is 12.1 Å². The maximum atomic E-state index is 12.5. The van der Waals surface area contributed by atoms with Crippen molar-refractivity contribution >= 4 is 33.2 Å². The highest BCUT2D eigenvalue weighted by atomic mass is 32.2. The lowest BCUT2D eigenvalue weighted by molar-refractivity contribution is 0.0472. The van der Waals surface area contributed by atoms with Crippen molar-refractivity contribution in [2.24, 2.45) is 0 Å². The third-order valence-corrected chi connectivity index (χ3v) is 7.18. The summed E-state index contributed by atoms with van der Waals surface area (Å²) in [5.74, 6) is -1.28. The summed E-state index contributed by atoms with van der Waals surface area (Å²) in [6.45, 7) is 1.48. The van der Waals surface area contributed by atoms with Crippen molar-refractivity contribution in [3.05, 3.63) is 70.7 Å². The number of nitrogens with zero attached hydrogens (tertiary/aromatic N) is 2. The number of benzene rings is 2. The van der Waals surface area contributed by atoms with Crippen LogP contribution in [0.1, 0.15) is 26.4 Å². The van der Waals surface area contributed by atoms with Gasteiger partial charge in [-0.3, -0.25) is 4.79 Å². The summed E-state index contributed by atoms with van der Waals surface area (Å²) in [5.41, 5.74) is 2.29. The fourth-order valence-corrected chi connectivity index (χ4v) is 5.29. The SMILES string of the molecule is Cc1ccc(-c2nc(C(=O)OCCN3C(=O)c4ccccc4S3(=O)=O)cs2)cc1. The maximum absolute atomic E-state index is 12.5. The predicted molar refractivity (Wildman–Crippen MR) is 107 cm³/mol. The molecule has 0 saturated carbocycles. The molecule has 0 atom stereocenters. The van der Waals surface area contributed by atoms with Gasteiger partial charge in [-0.15, -0.1) is 11.3 Å². The van der Waals surface area contributed by atoms with Gasteiger partial charge in [0, 0.05) is 10.9 Å². The molecule has 1 aliphatic heterocycles. The van der Waals surface area contributed by atoms with E-state index >= 15 is 0 Å². The van der Waals surface area contributed by atoms with E-state index in [0.29, 0.717) is 5.01 Å². The molecule has 0 spiro atoms. The molecule has 2 heterocycles. The van der Waals surface area contributed by atoms with Gasteiger partial charge in [0.15, 0.2) is 5.69 Å². The Morgan fingerprint density at radius 3 is 2.59 bits per heavy atom.